The van der Waals surface area contributed by atoms with Gasteiger partial charge in [0.05, 0.1) is 13.2 Å². The average Bonchev–Trinajstić information content (AvgIpc) is 3.15. The molecule has 0 fully saturated rings. The summed E-state index contributed by atoms with van der Waals surface area (Å²) in [6, 6.07) is 5.77. The van der Waals surface area contributed by atoms with Crippen LogP contribution in [-0.2, 0) is 19.3 Å². The number of hydrogen-bond acceptors (Lipinski definition) is 6. The van der Waals surface area contributed by atoms with Crippen LogP contribution in [0.4, 0.5) is 0 Å². The van der Waals surface area contributed by atoms with Gasteiger partial charge in [0.2, 0.25) is 0 Å². The summed E-state index contributed by atoms with van der Waals surface area (Å²) in [4.78, 5) is 32.0. The molecule has 0 bridgehead atoms. The Hall–Kier alpha value is -2.87. The summed E-state index contributed by atoms with van der Waals surface area (Å²) in [5.74, 6) is 1.02. The van der Waals surface area contributed by atoms with Gasteiger partial charge in [0.1, 0.15) is 5.56 Å². The van der Waals surface area contributed by atoms with E-state index in [1.807, 2.05) is 32.0 Å². The third-order valence-electron chi connectivity index (χ3n) is 5.35. The summed E-state index contributed by atoms with van der Waals surface area (Å²) >= 11 is 1.56. The second kappa shape index (κ2) is 9.51. The Bertz CT molecular complexity index is 1150. The second-order valence-electron chi connectivity index (χ2n) is 7.43. The lowest BCUT2D eigenvalue weighted by Crippen LogP contribution is -2.33. The van der Waals surface area contributed by atoms with Crippen LogP contribution in [0.5, 0.6) is 11.5 Å². The van der Waals surface area contributed by atoms with Crippen LogP contribution in [0.2, 0.25) is 0 Å². The molecular weight excluding hydrogens is 414 g/mol. The van der Waals surface area contributed by atoms with Crippen molar-refractivity contribution in [2.75, 3.05) is 19.8 Å². The van der Waals surface area contributed by atoms with Crippen LogP contribution < -0.4 is 20.3 Å². The number of nitrogens with one attached hydrogen (secondary N) is 1. The first kappa shape index (κ1) is 21.4. The van der Waals surface area contributed by atoms with Crippen molar-refractivity contribution in [3.8, 4) is 11.5 Å². The fourth-order valence-electron chi connectivity index (χ4n) is 3.89. The van der Waals surface area contributed by atoms with Gasteiger partial charge >= 0.3 is 0 Å². The predicted molar refractivity (Wildman–Crippen MR) is 121 cm³/mol. The summed E-state index contributed by atoms with van der Waals surface area (Å²) in [6.07, 6.45) is 6.06. The Morgan fingerprint density at radius 2 is 1.94 bits per heavy atom. The maximum absolute atomic E-state index is 13.0. The highest BCUT2D eigenvalue weighted by molar-refractivity contribution is 7.17. The maximum atomic E-state index is 13.0. The zero-order valence-electron chi connectivity index (χ0n) is 17.9. The molecule has 31 heavy (non-hydrogen) atoms. The molecular formula is C23H27N3O4S. The molecule has 1 N–H and O–H groups in total. The van der Waals surface area contributed by atoms with Crippen LogP contribution in [0.15, 0.2) is 29.2 Å². The van der Waals surface area contributed by atoms with Gasteiger partial charge in [-0.2, -0.15) is 0 Å². The molecule has 1 amide bonds. The standard InChI is InChI=1S/C23H27N3O4S/c1-3-29-18-10-9-15(13-19(18)30-4-2)11-12-24-21(27)16-14-25-23-26(22(16)28)17-7-5-6-8-20(17)31-23/h9-10,13-14H,3-8,11-12H2,1-2H3,(H,24,27). The Kier molecular flexibility index (Phi) is 6.56. The lowest BCUT2D eigenvalue weighted by molar-refractivity contribution is 0.0952. The zero-order valence-corrected chi connectivity index (χ0v) is 18.7. The van der Waals surface area contributed by atoms with E-state index in [2.05, 4.69) is 10.3 Å². The predicted octanol–water partition coefficient (Wildman–Crippen LogP) is 3.40. The van der Waals surface area contributed by atoms with Crippen molar-refractivity contribution in [1.29, 1.82) is 0 Å². The number of ether oxygens (including phenoxy) is 2. The van der Waals surface area contributed by atoms with Crippen LogP contribution in [0.1, 0.15) is 53.2 Å². The van der Waals surface area contributed by atoms with Crippen molar-refractivity contribution in [3.63, 3.8) is 0 Å². The summed E-state index contributed by atoms with van der Waals surface area (Å²) in [5, 5.41) is 2.86. The number of carbonyl (C=O) groups is 1. The van der Waals surface area contributed by atoms with Gasteiger partial charge in [0.25, 0.3) is 11.5 Å². The molecule has 1 aromatic carbocycles. The fraction of sp³-hybridized carbons (Fsp3) is 0.435. The van der Waals surface area contributed by atoms with Crippen molar-refractivity contribution in [3.05, 3.63) is 56.4 Å². The van der Waals surface area contributed by atoms with Crippen LogP contribution in [0.3, 0.4) is 0 Å². The number of aromatic nitrogens is 2. The van der Waals surface area contributed by atoms with E-state index in [0.29, 0.717) is 42.6 Å². The number of carbonyl (C=O) groups excluding carboxylic acids is 1. The average molecular weight is 442 g/mol. The van der Waals surface area contributed by atoms with E-state index < -0.39 is 5.91 Å². The van der Waals surface area contributed by atoms with Crippen LogP contribution in [0, 0.1) is 0 Å². The van der Waals surface area contributed by atoms with E-state index >= 15 is 0 Å². The van der Waals surface area contributed by atoms with E-state index in [1.165, 1.54) is 11.1 Å². The third kappa shape index (κ3) is 4.44. The number of benzene rings is 1. The molecule has 3 aromatic rings. The molecule has 2 heterocycles. The lowest BCUT2D eigenvalue weighted by atomic mass is 10.0. The minimum absolute atomic E-state index is 0.0883. The Labute approximate surface area is 185 Å². The molecule has 7 nitrogen and oxygen atoms in total. The normalized spacial score (nSPS) is 13.1. The van der Waals surface area contributed by atoms with E-state index in [4.69, 9.17) is 9.47 Å². The van der Waals surface area contributed by atoms with Gasteiger partial charge in [-0.1, -0.05) is 6.07 Å². The topological polar surface area (TPSA) is 81.9 Å². The molecule has 0 atom stereocenters. The van der Waals surface area contributed by atoms with Crippen LogP contribution >= 0.6 is 11.3 Å². The van der Waals surface area contributed by atoms with Crippen LogP contribution in [0.25, 0.3) is 4.96 Å². The summed E-state index contributed by atoms with van der Waals surface area (Å²) in [6.45, 7) is 5.38. The molecule has 0 saturated heterocycles. The SMILES string of the molecule is CCOc1ccc(CCNC(=O)c2cnc3sc4c(n3c2=O)CCCC4)cc1OCC. The van der Waals surface area contributed by atoms with Crippen molar-refractivity contribution in [2.24, 2.45) is 0 Å². The Balaban J connectivity index is 1.46. The van der Waals surface area contributed by atoms with Gasteiger partial charge in [-0.05, 0) is 63.6 Å². The highest BCUT2D eigenvalue weighted by atomic mass is 32.1. The molecule has 0 radical (unpaired) electrons. The van der Waals surface area contributed by atoms with Gasteiger partial charge < -0.3 is 14.8 Å². The molecule has 0 aliphatic heterocycles. The largest absolute Gasteiger partial charge is 0.490 e. The Morgan fingerprint density at radius 1 is 1.16 bits per heavy atom. The first-order chi connectivity index (χ1) is 15.1. The fourth-order valence-corrected chi connectivity index (χ4v) is 5.06. The minimum atomic E-state index is -0.390. The quantitative estimate of drug-likeness (QED) is 0.579. The first-order valence-corrected chi connectivity index (χ1v) is 11.6. The van der Waals surface area contributed by atoms with Gasteiger partial charge in [-0.15, -0.1) is 11.3 Å². The summed E-state index contributed by atoms with van der Waals surface area (Å²) in [5.41, 5.74) is 1.85. The highest BCUT2D eigenvalue weighted by Gasteiger charge is 2.21. The lowest BCUT2D eigenvalue weighted by Gasteiger charge is -2.13. The molecule has 2 aromatic heterocycles. The third-order valence-corrected chi connectivity index (χ3v) is 6.51. The molecule has 0 spiro atoms. The number of thiazole rings is 1. The minimum Gasteiger partial charge on any atom is -0.490 e. The first-order valence-electron chi connectivity index (χ1n) is 10.8. The zero-order chi connectivity index (χ0) is 21.8. The van der Waals surface area contributed by atoms with E-state index in [-0.39, 0.29) is 11.1 Å². The molecule has 1 aliphatic carbocycles. The monoisotopic (exact) mass is 441 g/mol. The number of aryl methyl sites for hydroxylation is 2. The Morgan fingerprint density at radius 3 is 2.74 bits per heavy atom. The highest BCUT2D eigenvalue weighted by Crippen LogP contribution is 2.29. The van der Waals surface area contributed by atoms with Crippen LogP contribution in [-0.4, -0.2) is 35.1 Å². The molecule has 4 rings (SSSR count). The van der Waals surface area contributed by atoms with Crippen molar-refractivity contribution in [2.45, 2.75) is 46.0 Å². The van der Waals surface area contributed by atoms with Crippen molar-refractivity contribution in [1.82, 2.24) is 14.7 Å². The smallest absolute Gasteiger partial charge is 0.271 e. The number of hydrogen-bond donors (Lipinski definition) is 1. The molecule has 0 unspecified atom stereocenters. The van der Waals surface area contributed by atoms with E-state index in [0.717, 1.165) is 36.9 Å². The number of nitrogens with zero attached hydrogens (tertiary/aromatic N) is 2. The van der Waals surface area contributed by atoms with Crippen molar-refractivity contribution < 1.29 is 14.3 Å². The maximum Gasteiger partial charge on any atom is 0.271 e. The summed E-state index contributed by atoms with van der Waals surface area (Å²) in [7, 11) is 0. The number of amides is 1. The summed E-state index contributed by atoms with van der Waals surface area (Å²) < 4.78 is 12.9. The molecule has 8 heteroatoms. The van der Waals surface area contributed by atoms with E-state index in [9.17, 15) is 9.59 Å². The van der Waals surface area contributed by atoms with Gasteiger partial charge in [0.15, 0.2) is 16.5 Å². The van der Waals surface area contributed by atoms with Gasteiger partial charge in [0, 0.05) is 23.3 Å². The van der Waals surface area contributed by atoms with Gasteiger partial charge in [-0.3, -0.25) is 14.0 Å². The second-order valence-corrected chi connectivity index (χ2v) is 8.49. The number of rotatable bonds is 8. The van der Waals surface area contributed by atoms with Gasteiger partial charge in [-0.25, -0.2) is 4.98 Å². The van der Waals surface area contributed by atoms with E-state index in [1.54, 1.807) is 15.7 Å². The number of fused-ring (bicyclic) bond motifs is 3. The van der Waals surface area contributed by atoms with Crippen molar-refractivity contribution >= 4 is 22.2 Å². The molecule has 0 saturated carbocycles. The molecule has 164 valence electrons. The molecule has 1 aliphatic rings.